The van der Waals surface area contributed by atoms with Gasteiger partial charge in [-0.2, -0.15) is 0 Å². The Hall–Kier alpha value is 4.59. The summed E-state index contributed by atoms with van der Waals surface area (Å²) >= 11 is 2.50. The molecular weight excluding hydrogens is 1520 g/mol. The third kappa shape index (κ3) is 58.7. The normalized spacial score (nSPS) is 12.4. The molecule has 3 heterocycles. The Kier molecular flexibility index (Phi) is 69.8. The van der Waals surface area contributed by atoms with E-state index in [4.69, 9.17) is 9.62 Å². The van der Waals surface area contributed by atoms with Crippen LogP contribution in [0.5, 0.6) is 0 Å². The predicted octanol–water partition coefficient (Wildman–Crippen LogP) is 0.552. The van der Waals surface area contributed by atoms with Gasteiger partial charge in [-0.3, -0.25) is 19.2 Å². The Morgan fingerprint density at radius 1 is 1.02 bits per heavy atom. The van der Waals surface area contributed by atoms with E-state index in [0.717, 1.165) is 33.1 Å². The van der Waals surface area contributed by atoms with Crippen molar-refractivity contribution in [3.05, 3.63) is 48.8 Å². The summed E-state index contributed by atoms with van der Waals surface area (Å²) in [4.78, 5) is 68.6. The number of imide groups is 1. The minimum atomic E-state index is -1.39. The summed E-state index contributed by atoms with van der Waals surface area (Å²) in [7, 11) is 29.7. The largest absolute Gasteiger partial charge is 0.355 e. The molecule has 1 aliphatic rings. The fraction of sp³-hybridized carbons (Fsp3) is 0.464. The van der Waals surface area contributed by atoms with E-state index in [-0.39, 0.29) is 25.2 Å². The van der Waals surface area contributed by atoms with E-state index in [2.05, 4.69) is 80.1 Å². The molecule has 3 N–H and O–H groups in total. The Labute approximate surface area is 462 Å². The maximum atomic E-state index is 11.5. The molecule has 350 valence electrons. The van der Waals surface area contributed by atoms with Gasteiger partial charge in [-0.15, -0.1) is 5.06 Å². The second kappa shape index (κ2) is 66.9. The van der Waals surface area contributed by atoms with E-state index in [1.807, 2.05) is 49.6 Å². The van der Waals surface area contributed by atoms with Crippen LogP contribution in [0.4, 0.5) is 0 Å². The number of ketones is 1. The van der Waals surface area contributed by atoms with Crippen LogP contribution in [0.2, 0.25) is 0 Å². The van der Waals surface area contributed by atoms with Gasteiger partial charge in [0.2, 0.25) is 5.91 Å². The summed E-state index contributed by atoms with van der Waals surface area (Å²) in [6, 6.07) is 11.4. The van der Waals surface area contributed by atoms with Gasteiger partial charge in [-0.05, 0) is 59.2 Å². The molecule has 4 unspecified atom stereocenters. The van der Waals surface area contributed by atoms with Crippen molar-refractivity contribution >= 4 is 205 Å². The topological polar surface area (TPSA) is 162 Å². The molecule has 0 aliphatic carbocycles. The second-order valence-corrected chi connectivity index (χ2v) is 33.4. The number of pyridine rings is 2. The molecular formula is C28H55I4N5O6P4S12-2. The van der Waals surface area contributed by atoms with Crippen LogP contribution in [0.3, 0.4) is 0 Å². The third-order valence-electron chi connectivity index (χ3n) is 4.90. The van der Waals surface area contributed by atoms with E-state index in [1.54, 1.807) is 62.6 Å². The van der Waals surface area contributed by atoms with Crippen molar-refractivity contribution in [3.63, 3.8) is 0 Å². The number of halogens is 4. The molecule has 0 spiro atoms. The molecule has 11 nitrogen and oxygen atoms in total. The maximum absolute atomic E-state index is 11.5. The van der Waals surface area contributed by atoms with Crippen LogP contribution in [0, 0.1) is 0 Å². The van der Waals surface area contributed by atoms with E-state index < -0.39 is 107 Å². The summed E-state index contributed by atoms with van der Waals surface area (Å²) in [5, 5.41) is 4.99. The van der Waals surface area contributed by atoms with Crippen LogP contribution in [0.15, 0.2) is 58.8 Å². The predicted molar refractivity (Wildman–Crippen MR) is 298 cm³/mol. The van der Waals surface area contributed by atoms with Gasteiger partial charge in [-0.25, -0.2) is 14.8 Å². The number of rotatable bonds is 19. The van der Waals surface area contributed by atoms with Crippen molar-refractivity contribution in [3.8, 4) is 0 Å². The zero-order chi connectivity index (χ0) is 51.1. The van der Waals surface area contributed by atoms with Gasteiger partial charge >= 0.3 is 157 Å². The minimum Gasteiger partial charge on any atom is 0.0974 e. The summed E-state index contributed by atoms with van der Waals surface area (Å²) in [5.41, 5.74) is 4.50. The number of hydrogen-bond donors (Lipinski definition) is 6. The van der Waals surface area contributed by atoms with Gasteiger partial charge in [0.15, 0.2) is 18.8 Å². The first-order valence-electron chi connectivity index (χ1n) is 17.8. The van der Waals surface area contributed by atoms with Gasteiger partial charge in [0.1, 0.15) is 15.8 Å². The Morgan fingerprint density at radius 2 is 1.47 bits per heavy atom. The molecule has 0 aromatic carbocycles. The van der Waals surface area contributed by atoms with Crippen molar-refractivity contribution in [2.24, 2.45) is 5.73 Å². The number of carbonyl (C=O) groups is 5. The monoisotopic (exact) mass is 1580 g/mol. The van der Waals surface area contributed by atoms with Gasteiger partial charge in [0.25, 0.3) is 11.8 Å². The molecule has 0 saturated carbocycles. The molecule has 4 atom stereocenters. The Bertz CT molecular complexity index is 1420. The SMILES string of the molecule is CCC(=O)CCSSc1ccccn1.CN.CNC(=O)CCSSC.O=C(CCSSc1ccccn1)ON1C(=O)CCC1=O.[2H]SSI([2H])PP.[2H][I-]S.[2H][I-]S.[2H][I-]S.[2H][P+](P)=S. The molecule has 59 heavy (non-hydrogen) atoms. The molecule has 1 fully saturated rings. The van der Waals surface area contributed by atoms with E-state index in [9.17, 15) is 24.0 Å². The van der Waals surface area contributed by atoms with Crippen molar-refractivity contribution in [2.45, 2.75) is 55.5 Å². The zero-order valence-electron chi connectivity index (χ0n) is 38.0. The van der Waals surface area contributed by atoms with Crippen LogP contribution in [-0.4, -0.2) is 86.9 Å². The summed E-state index contributed by atoms with van der Waals surface area (Å²) in [6.07, 6.45) is 7.77. The number of thiol groups is 4. The zero-order valence-corrected chi connectivity index (χ0v) is 54.8. The standard InChI is InChI=1S/C12H12N2O4S2.C10H13NOS2.C5H11NOS2.CH5N.H5IP2S2.3H2IS.H2P2S/c15-10-4-5-11(16)14(10)18-12(17)6-8-19-20-9-3-1-2-7-13-9;1-2-9(12)6-8-13-14-10-5-3-4-7-11-10;1-6-5(7)3-4-9-8-2;1-2;2-3-1-5-4;3*1-2;1-2-3/h1-3,7H,4-6,8H2;3-5,7H,2,6,8H2,1H3;3-4H2,1-2H3,(H,6,7);2H2,1H3;1,3-4H,2H2;3*1-2H;1H2/q;;;;;3*-1;/p+1/i;;;;4*1D;/hD2. The molecule has 3 amide bonds. The number of hydroxylamine groups is 2. The summed E-state index contributed by atoms with van der Waals surface area (Å²) in [6.45, 7) is 1.03. The number of amides is 3. The molecule has 1 aliphatic heterocycles. The third-order valence-corrected chi connectivity index (χ3v) is 24.9. The smallest absolute Gasteiger partial charge is 0.0974 e. The van der Waals surface area contributed by atoms with Crippen LogP contribution in [0.1, 0.15) is 45.4 Å². The first-order chi connectivity index (χ1) is 31.1. The Balaban J connectivity index is -0.000000170. The first-order valence-corrected chi connectivity index (χ1v) is 46.3. The molecule has 2 aromatic rings. The van der Waals surface area contributed by atoms with E-state index in [0.29, 0.717) is 41.8 Å². The molecule has 1 saturated heterocycles. The van der Waals surface area contributed by atoms with E-state index in [1.165, 1.54) is 36.6 Å². The van der Waals surface area contributed by atoms with Gasteiger partial charge in [0, 0.05) is 68.8 Å². The number of Topliss-reactive ketones (excluding diaryl/α,β-unsaturated/α-hetero) is 1. The van der Waals surface area contributed by atoms with E-state index >= 15 is 0 Å². The second-order valence-electron chi connectivity index (χ2n) is 8.35. The van der Waals surface area contributed by atoms with Crippen LogP contribution < -0.4 is 74.1 Å². The number of aromatic nitrogens is 2. The summed E-state index contributed by atoms with van der Waals surface area (Å²) < 4.78 is 38.8. The van der Waals surface area contributed by atoms with Crippen molar-refractivity contribution in [1.29, 1.82) is 4.78 Å². The maximum Gasteiger partial charge on any atom is 0.355 e. The number of nitrogens with zero attached hydrogens (tertiary/aromatic N) is 3. The van der Waals surface area contributed by atoms with Gasteiger partial charge < -0.3 is 15.9 Å². The minimum absolute atomic E-state index is 0.108. The molecule has 31 heteroatoms. The van der Waals surface area contributed by atoms with Crippen LogP contribution in [0.25, 0.3) is 0 Å². The average molecular weight is 1580 g/mol. The molecule has 0 bridgehead atoms. The number of carbonyl (C=O) groups excluding carboxylic acids is 5. The Morgan fingerprint density at radius 3 is 1.83 bits per heavy atom. The van der Waals surface area contributed by atoms with Gasteiger partial charge in [0.05, 0.1) is 15.3 Å². The van der Waals surface area contributed by atoms with Crippen molar-refractivity contribution in [1.82, 2.24) is 20.3 Å². The molecule has 2 aromatic heterocycles. The van der Waals surface area contributed by atoms with Crippen LogP contribution >= 0.6 is 164 Å². The van der Waals surface area contributed by atoms with Gasteiger partial charge in [-0.1, -0.05) is 62.2 Å². The van der Waals surface area contributed by atoms with Crippen LogP contribution in [-0.2, 0) is 40.6 Å². The molecule has 3 rings (SSSR count). The number of nitrogens with one attached hydrogen (secondary N) is 1. The average Bonchev–Trinajstić information content (AvgIpc) is 3.61. The number of nitrogens with two attached hydrogens (primary N) is 1. The first kappa shape index (κ1) is 61.6. The molecule has 0 radical (unpaired) electrons. The number of hydrogen-bond acceptors (Lipinski definition) is 21. The fourth-order valence-electron chi connectivity index (χ4n) is 2.62. The quantitative estimate of drug-likeness (QED) is 0.0289. The van der Waals surface area contributed by atoms with Crippen molar-refractivity contribution in [2.75, 3.05) is 37.6 Å². The fourth-order valence-corrected chi connectivity index (χ4v) is 17.4. The van der Waals surface area contributed by atoms with Crippen molar-refractivity contribution < 1.29 is 91.8 Å². The summed E-state index contributed by atoms with van der Waals surface area (Å²) in [5.74, 6) is 1.94.